The third-order valence-electron chi connectivity index (χ3n) is 3.46. The van der Waals surface area contributed by atoms with Crippen molar-refractivity contribution in [2.24, 2.45) is 0 Å². The van der Waals surface area contributed by atoms with E-state index in [0.29, 0.717) is 13.0 Å². The summed E-state index contributed by atoms with van der Waals surface area (Å²) < 4.78 is 5.28. The molecule has 0 bridgehead atoms. The first-order chi connectivity index (χ1) is 12.3. The lowest BCUT2D eigenvalue weighted by Gasteiger charge is -2.23. The zero-order valence-corrected chi connectivity index (χ0v) is 15.4. The van der Waals surface area contributed by atoms with Gasteiger partial charge < -0.3 is 15.4 Å². The van der Waals surface area contributed by atoms with Crippen LogP contribution in [-0.2, 0) is 22.5 Å². The summed E-state index contributed by atoms with van der Waals surface area (Å²) in [6, 6.07) is 14.3. The van der Waals surface area contributed by atoms with Crippen LogP contribution in [0.15, 0.2) is 54.7 Å². The Hall–Kier alpha value is -2.89. The van der Waals surface area contributed by atoms with Gasteiger partial charge in [0.05, 0.1) is 12.2 Å². The minimum atomic E-state index is -0.740. The number of carbonyl (C=O) groups is 2. The van der Waals surface area contributed by atoms with E-state index in [9.17, 15) is 9.59 Å². The molecule has 6 nitrogen and oxygen atoms in total. The van der Waals surface area contributed by atoms with Crippen LogP contribution < -0.4 is 10.6 Å². The molecule has 1 unspecified atom stereocenters. The highest BCUT2D eigenvalue weighted by Crippen LogP contribution is 2.09. The molecule has 1 heterocycles. The molecule has 0 saturated carbocycles. The van der Waals surface area contributed by atoms with Gasteiger partial charge in [-0.05, 0) is 38.5 Å². The van der Waals surface area contributed by atoms with Crippen LogP contribution in [0.3, 0.4) is 0 Å². The molecular weight excluding hydrogens is 330 g/mol. The van der Waals surface area contributed by atoms with Crippen LogP contribution in [0.25, 0.3) is 0 Å². The number of ether oxygens (including phenoxy) is 1. The van der Waals surface area contributed by atoms with Crippen LogP contribution in [0, 0.1) is 0 Å². The van der Waals surface area contributed by atoms with Gasteiger partial charge in [0.1, 0.15) is 11.6 Å². The highest BCUT2D eigenvalue weighted by atomic mass is 16.6. The summed E-state index contributed by atoms with van der Waals surface area (Å²) >= 11 is 0. The number of hydrogen-bond acceptors (Lipinski definition) is 4. The highest BCUT2D eigenvalue weighted by Gasteiger charge is 2.24. The normalized spacial score (nSPS) is 12.1. The summed E-state index contributed by atoms with van der Waals surface area (Å²) in [7, 11) is 0. The van der Waals surface area contributed by atoms with Gasteiger partial charge in [-0.15, -0.1) is 0 Å². The van der Waals surface area contributed by atoms with E-state index >= 15 is 0 Å². The van der Waals surface area contributed by atoms with Gasteiger partial charge in [0.2, 0.25) is 5.91 Å². The van der Waals surface area contributed by atoms with E-state index in [1.54, 1.807) is 27.0 Å². The van der Waals surface area contributed by atoms with Crippen molar-refractivity contribution in [2.75, 3.05) is 0 Å². The summed E-state index contributed by atoms with van der Waals surface area (Å²) in [6.45, 7) is 5.63. The molecule has 26 heavy (non-hydrogen) atoms. The van der Waals surface area contributed by atoms with Crippen LogP contribution in [0.1, 0.15) is 32.0 Å². The second kappa shape index (κ2) is 8.99. The summed E-state index contributed by atoms with van der Waals surface area (Å²) in [6.07, 6.45) is 1.42. The molecule has 2 aromatic rings. The van der Waals surface area contributed by atoms with Gasteiger partial charge in [0.25, 0.3) is 0 Å². The van der Waals surface area contributed by atoms with Gasteiger partial charge in [0.15, 0.2) is 0 Å². The molecule has 2 N–H and O–H groups in total. The second-order valence-electron chi connectivity index (χ2n) is 6.93. The Morgan fingerprint density at radius 3 is 2.38 bits per heavy atom. The smallest absolute Gasteiger partial charge is 0.408 e. The number of benzene rings is 1. The van der Waals surface area contributed by atoms with Crippen molar-refractivity contribution in [1.29, 1.82) is 0 Å². The zero-order chi connectivity index (χ0) is 19.0. The molecular formula is C20H25N3O3. The van der Waals surface area contributed by atoms with Crippen LogP contribution in [0.2, 0.25) is 0 Å². The van der Waals surface area contributed by atoms with Gasteiger partial charge >= 0.3 is 6.09 Å². The third kappa shape index (κ3) is 6.93. The minimum Gasteiger partial charge on any atom is -0.444 e. The van der Waals surface area contributed by atoms with Gasteiger partial charge in [-0.1, -0.05) is 36.4 Å². The summed E-state index contributed by atoms with van der Waals surface area (Å²) in [4.78, 5) is 28.9. The number of hydrogen-bond donors (Lipinski definition) is 2. The maximum atomic E-state index is 12.6. The number of amides is 2. The fraction of sp³-hybridized carbons (Fsp3) is 0.350. The van der Waals surface area contributed by atoms with E-state index in [0.717, 1.165) is 11.3 Å². The molecule has 0 spiro atoms. The number of nitrogens with zero attached hydrogens (tertiary/aromatic N) is 1. The number of rotatable bonds is 6. The van der Waals surface area contributed by atoms with Gasteiger partial charge in [0, 0.05) is 12.6 Å². The Morgan fingerprint density at radius 2 is 1.77 bits per heavy atom. The standard InChI is InChI=1S/C20H25N3O3/c1-20(2,3)26-19(25)23-17(13-15-9-5-4-6-10-15)18(24)22-14-16-11-7-8-12-21-16/h4-12,17H,13-14H2,1-3H3,(H,22,24)(H,23,25). The molecule has 1 aromatic carbocycles. The van der Waals surface area contributed by atoms with E-state index in [4.69, 9.17) is 4.74 Å². The molecule has 138 valence electrons. The molecule has 2 amide bonds. The Kier molecular flexibility index (Phi) is 6.72. The van der Waals surface area contributed by atoms with Crippen molar-refractivity contribution in [3.05, 3.63) is 66.0 Å². The number of alkyl carbamates (subject to hydrolysis) is 1. The van der Waals surface area contributed by atoms with Crippen LogP contribution in [0.5, 0.6) is 0 Å². The predicted molar refractivity (Wildman–Crippen MR) is 99.4 cm³/mol. The van der Waals surface area contributed by atoms with E-state index < -0.39 is 17.7 Å². The zero-order valence-electron chi connectivity index (χ0n) is 15.4. The molecule has 1 aromatic heterocycles. The van der Waals surface area contributed by atoms with Crippen molar-refractivity contribution in [1.82, 2.24) is 15.6 Å². The first-order valence-corrected chi connectivity index (χ1v) is 8.54. The maximum Gasteiger partial charge on any atom is 0.408 e. The Balaban J connectivity index is 2.03. The number of nitrogens with one attached hydrogen (secondary N) is 2. The topological polar surface area (TPSA) is 80.3 Å². The summed E-state index contributed by atoms with van der Waals surface area (Å²) in [5.41, 5.74) is 1.06. The van der Waals surface area contributed by atoms with Crippen LogP contribution in [0.4, 0.5) is 4.79 Å². The Bertz CT molecular complexity index is 712. The third-order valence-corrected chi connectivity index (χ3v) is 3.46. The SMILES string of the molecule is CC(C)(C)OC(=O)NC(Cc1ccccc1)C(=O)NCc1ccccn1. The van der Waals surface area contributed by atoms with Gasteiger partial charge in [-0.3, -0.25) is 9.78 Å². The summed E-state index contributed by atoms with van der Waals surface area (Å²) in [5.74, 6) is -0.287. The average Bonchev–Trinajstić information content (AvgIpc) is 2.59. The Labute approximate surface area is 154 Å². The fourth-order valence-corrected chi connectivity index (χ4v) is 2.31. The molecule has 0 aliphatic rings. The molecule has 0 fully saturated rings. The lowest BCUT2D eigenvalue weighted by Crippen LogP contribution is -2.49. The van der Waals surface area contributed by atoms with Crippen molar-refractivity contribution < 1.29 is 14.3 Å². The monoisotopic (exact) mass is 355 g/mol. The van der Waals surface area contributed by atoms with Gasteiger partial charge in [-0.25, -0.2) is 4.79 Å². The van der Waals surface area contributed by atoms with Crippen LogP contribution >= 0.6 is 0 Å². The first-order valence-electron chi connectivity index (χ1n) is 8.54. The number of carbonyl (C=O) groups excluding carboxylic acids is 2. The Morgan fingerprint density at radius 1 is 1.08 bits per heavy atom. The predicted octanol–water partition coefficient (Wildman–Crippen LogP) is 2.83. The fourth-order valence-electron chi connectivity index (χ4n) is 2.31. The van der Waals surface area contributed by atoms with Crippen molar-refractivity contribution in [2.45, 2.75) is 45.4 Å². The first kappa shape index (κ1) is 19.4. The maximum absolute atomic E-state index is 12.6. The molecule has 6 heteroatoms. The molecule has 0 radical (unpaired) electrons. The van der Waals surface area contributed by atoms with E-state index in [-0.39, 0.29) is 5.91 Å². The van der Waals surface area contributed by atoms with E-state index in [2.05, 4.69) is 15.6 Å². The lowest BCUT2D eigenvalue weighted by atomic mass is 10.1. The van der Waals surface area contributed by atoms with Crippen molar-refractivity contribution in [3.8, 4) is 0 Å². The molecule has 1 atom stereocenters. The summed E-state index contributed by atoms with van der Waals surface area (Å²) in [5, 5.41) is 5.48. The molecule has 0 aliphatic carbocycles. The van der Waals surface area contributed by atoms with Crippen LogP contribution in [-0.4, -0.2) is 28.6 Å². The number of aromatic nitrogens is 1. The molecule has 0 saturated heterocycles. The van der Waals surface area contributed by atoms with Gasteiger partial charge in [-0.2, -0.15) is 0 Å². The minimum absolute atomic E-state index is 0.287. The lowest BCUT2D eigenvalue weighted by molar-refractivity contribution is -0.123. The second-order valence-corrected chi connectivity index (χ2v) is 6.93. The molecule has 0 aliphatic heterocycles. The van der Waals surface area contributed by atoms with Crippen molar-refractivity contribution in [3.63, 3.8) is 0 Å². The van der Waals surface area contributed by atoms with E-state index in [1.807, 2.05) is 48.5 Å². The quantitative estimate of drug-likeness (QED) is 0.835. The average molecular weight is 355 g/mol. The highest BCUT2D eigenvalue weighted by molar-refractivity contribution is 5.85. The van der Waals surface area contributed by atoms with Crippen molar-refractivity contribution >= 4 is 12.0 Å². The molecule has 2 rings (SSSR count). The number of pyridine rings is 1. The van der Waals surface area contributed by atoms with E-state index in [1.165, 1.54) is 0 Å². The largest absolute Gasteiger partial charge is 0.444 e.